The molecule has 0 atom stereocenters. The topological polar surface area (TPSA) is 88.2 Å². The molecule has 4 aromatic rings. The Morgan fingerprint density at radius 3 is 2.46 bits per heavy atom. The fourth-order valence-electron chi connectivity index (χ4n) is 2.38. The molecule has 0 aliphatic rings. The molecule has 6 nitrogen and oxygen atoms in total. The van der Waals surface area contributed by atoms with Gasteiger partial charge in [0, 0.05) is 27.9 Å². The van der Waals surface area contributed by atoms with Gasteiger partial charge in [-0.25, -0.2) is 4.79 Å². The minimum Gasteiger partial charge on any atom is -0.478 e. The molecule has 0 aliphatic heterocycles. The fraction of sp³-hybridized carbons (Fsp3) is 0. The van der Waals surface area contributed by atoms with Crippen LogP contribution in [0.5, 0.6) is 0 Å². The Labute approximate surface area is 152 Å². The first-order chi connectivity index (χ1) is 12.7. The van der Waals surface area contributed by atoms with Crippen molar-refractivity contribution in [3.05, 3.63) is 72.6 Å². The Bertz CT molecular complexity index is 1060. The normalized spacial score (nSPS) is 10.8. The summed E-state index contributed by atoms with van der Waals surface area (Å²) in [6.45, 7) is 0. The lowest BCUT2D eigenvalue weighted by Gasteiger charge is -2.04. The third-order valence-corrected chi connectivity index (χ3v) is 4.64. The molecule has 0 saturated carbocycles. The summed E-state index contributed by atoms with van der Waals surface area (Å²) in [5.41, 5.74) is 2.02. The van der Waals surface area contributed by atoms with Gasteiger partial charge in [-0.2, -0.15) is 4.98 Å². The quantitative estimate of drug-likeness (QED) is 0.526. The SMILES string of the molecule is O=C(O)c1ccc2nc(Nc3ccc(Sc4ccncc4)cc3)oc2c1. The molecule has 128 valence electrons. The van der Waals surface area contributed by atoms with E-state index in [2.05, 4.69) is 15.3 Å². The maximum atomic E-state index is 11.0. The first-order valence-corrected chi connectivity index (χ1v) is 8.58. The third-order valence-electron chi connectivity index (χ3n) is 3.63. The van der Waals surface area contributed by atoms with Gasteiger partial charge in [0.05, 0.1) is 5.56 Å². The summed E-state index contributed by atoms with van der Waals surface area (Å²) < 4.78 is 5.59. The Morgan fingerprint density at radius 1 is 1.00 bits per heavy atom. The van der Waals surface area contributed by atoms with Gasteiger partial charge in [-0.05, 0) is 54.6 Å². The van der Waals surface area contributed by atoms with E-state index in [0.717, 1.165) is 15.5 Å². The van der Waals surface area contributed by atoms with E-state index in [9.17, 15) is 4.79 Å². The van der Waals surface area contributed by atoms with Gasteiger partial charge in [-0.1, -0.05) is 11.8 Å². The Morgan fingerprint density at radius 2 is 1.73 bits per heavy atom. The van der Waals surface area contributed by atoms with Crippen molar-refractivity contribution in [3.63, 3.8) is 0 Å². The number of carbonyl (C=O) groups is 1. The number of hydrogen-bond donors (Lipinski definition) is 2. The molecule has 0 fully saturated rings. The second-order valence-electron chi connectivity index (χ2n) is 5.44. The number of benzene rings is 2. The minimum atomic E-state index is -1.000. The summed E-state index contributed by atoms with van der Waals surface area (Å²) in [6, 6.07) is 16.7. The predicted molar refractivity (Wildman–Crippen MR) is 99.1 cm³/mol. The van der Waals surface area contributed by atoms with Gasteiger partial charge < -0.3 is 14.8 Å². The molecule has 4 rings (SSSR count). The van der Waals surface area contributed by atoms with E-state index in [1.165, 1.54) is 12.1 Å². The third kappa shape index (κ3) is 3.52. The molecular weight excluding hydrogens is 350 g/mol. The molecule has 0 bridgehead atoms. The van der Waals surface area contributed by atoms with E-state index in [1.54, 1.807) is 30.2 Å². The standard InChI is InChI=1S/C19H13N3O3S/c23-18(24)12-1-6-16-17(11-12)25-19(22-16)21-13-2-4-14(5-3-13)26-15-7-9-20-10-8-15/h1-11H,(H,21,22)(H,23,24). The van der Waals surface area contributed by atoms with Crippen LogP contribution < -0.4 is 5.32 Å². The number of rotatable bonds is 5. The van der Waals surface area contributed by atoms with Gasteiger partial charge in [0.1, 0.15) is 5.52 Å². The van der Waals surface area contributed by atoms with E-state index in [0.29, 0.717) is 17.1 Å². The van der Waals surface area contributed by atoms with Crippen LogP contribution in [-0.4, -0.2) is 21.0 Å². The molecule has 0 aliphatic carbocycles. The Hall–Kier alpha value is -3.32. The maximum absolute atomic E-state index is 11.0. The number of nitrogens with one attached hydrogen (secondary N) is 1. The molecule has 0 amide bonds. The van der Waals surface area contributed by atoms with Crippen molar-refractivity contribution in [1.82, 2.24) is 9.97 Å². The summed E-state index contributed by atoms with van der Waals surface area (Å²) in [4.78, 5) is 21.6. The largest absolute Gasteiger partial charge is 0.478 e. The van der Waals surface area contributed by atoms with E-state index < -0.39 is 5.97 Å². The maximum Gasteiger partial charge on any atom is 0.335 e. The van der Waals surface area contributed by atoms with Crippen molar-refractivity contribution in [2.45, 2.75) is 9.79 Å². The number of anilines is 2. The second-order valence-corrected chi connectivity index (χ2v) is 6.59. The van der Waals surface area contributed by atoms with Crippen LogP contribution in [0.1, 0.15) is 10.4 Å². The van der Waals surface area contributed by atoms with Crippen LogP contribution >= 0.6 is 11.8 Å². The number of nitrogens with zero attached hydrogens (tertiary/aromatic N) is 2. The average Bonchev–Trinajstić information content (AvgIpc) is 3.05. The van der Waals surface area contributed by atoms with Gasteiger partial charge in [-0.15, -0.1) is 0 Å². The Kier molecular flexibility index (Phi) is 4.28. The zero-order valence-corrected chi connectivity index (χ0v) is 14.2. The molecule has 7 heteroatoms. The van der Waals surface area contributed by atoms with Crippen LogP contribution in [0.2, 0.25) is 0 Å². The van der Waals surface area contributed by atoms with Crippen LogP contribution in [0.3, 0.4) is 0 Å². The molecule has 0 radical (unpaired) electrons. The molecule has 0 unspecified atom stereocenters. The summed E-state index contributed by atoms with van der Waals surface area (Å²) in [5.74, 6) is -1.000. The van der Waals surface area contributed by atoms with Gasteiger partial charge in [-0.3, -0.25) is 4.98 Å². The summed E-state index contributed by atoms with van der Waals surface area (Å²) in [6.07, 6.45) is 3.53. The number of carboxylic acid groups (broad SMARTS) is 1. The molecule has 2 aromatic carbocycles. The van der Waals surface area contributed by atoms with Crippen molar-refractivity contribution in [3.8, 4) is 0 Å². The molecule has 0 spiro atoms. The van der Waals surface area contributed by atoms with Crippen LogP contribution in [0, 0.1) is 0 Å². The highest BCUT2D eigenvalue weighted by atomic mass is 32.2. The number of hydrogen-bond acceptors (Lipinski definition) is 6. The van der Waals surface area contributed by atoms with Crippen molar-refractivity contribution >= 4 is 40.5 Å². The minimum absolute atomic E-state index is 0.165. The number of carboxylic acids is 1. The molecule has 2 N–H and O–H groups in total. The highest BCUT2D eigenvalue weighted by Gasteiger charge is 2.10. The van der Waals surface area contributed by atoms with Crippen LogP contribution in [-0.2, 0) is 0 Å². The number of fused-ring (bicyclic) bond motifs is 1. The zero-order valence-electron chi connectivity index (χ0n) is 13.4. The molecule has 26 heavy (non-hydrogen) atoms. The number of aromatic nitrogens is 2. The van der Waals surface area contributed by atoms with Gasteiger partial charge >= 0.3 is 5.97 Å². The Balaban J connectivity index is 1.50. The molecular formula is C19H13N3O3S. The first kappa shape index (κ1) is 16.2. The fourth-order valence-corrected chi connectivity index (χ4v) is 3.19. The number of pyridine rings is 1. The lowest BCUT2D eigenvalue weighted by atomic mass is 10.2. The smallest absolute Gasteiger partial charge is 0.335 e. The van der Waals surface area contributed by atoms with Crippen molar-refractivity contribution in [1.29, 1.82) is 0 Å². The van der Waals surface area contributed by atoms with Crippen LogP contribution in [0.4, 0.5) is 11.7 Å². The molecule has 2 aromatic heterocycles. The first-order valence-electron chi connectivity index (χ1n) is 7.76. The van der Waals surface area contributed by atoms with Gasteiger partial charge in [0.2, 0.25) is 0 Å². The van der Waals surface area contributed by atoms with Crippen LogP contribution in [0.25, 0.3) is 11.1 Å². The number of aromatic carboxylic acids is 1. The molecule has 0 saturated heterocycles. The predicted octanol–water partition coefficient (Wildman–Crippen LogP) is 4.82. The van der Waals surface area contributed by atoms with E-state index in [4.69, 9.17) is 9.52 Å². The monoisotopic (exact) mass is 363 g/mol. The summed E-state index contributed by atoms with van der Waals surface area (Å²) in [5, 5.41) is 12.1. The summed E-state index contributed by atoms with van der Waals surface area (Å²) in [7, 11) is 0. The van der Waals surface area contributed by atoms with Crippen LogP contribution in [0.15, 0.2) is 81.2 Å². The van der Waals surface area contributed by atoms with Crippen molar-refractivity contribution < 1.29 is 14.3 Å². The van der Waals surface area contributed by atoms with Crippen molar-refractivity contribution in [2.75, 3.05) is 5.32 Å². The van der Waals surface area contributed by atoms with E-state index >= 15 is 0 Å². The number of oxazole rings is 1. The van der Waals surface area contributed by atoms with Crippen molar-refractivity contribution in [2.24, 2.45) is 0 Å². The molecule has 2 heterocycles. The summed E-state index contributed by atoms with van der Waals surface area (Å²) >= 11 is 1.65. The van der Waals surface area contributed by atoms with E-state index in [-0.39, 0.29) is 5.56 Å². The lowest BCUT2D eigenvalue weighted by molar-refractivity contribution is 0.0697. The van der Waals surface area contributed by atoms with Gasteiger partial charge in [0.25, 0.3) is 6.01 Å². The highest BCUT2D eigenvalue weighted by Crippen LogP contribution is 2.29. The zero-order chi connectivity index (χ0) is 17.9. The highest BCUT2D eigenvalue weighted by molar-refractivity contribution is 7.99. The second kappa shape index (κ2) is 6.89. The van der Waals surface area contributed by atoms with Gasteiger partial charge in [0.15, 0.2) is 5.58 Å². The van der Waals surface area contributed by atoms with E-state index in [1.807, 2.05) is 36.4 Å². The lowest BCUT2D eigenvalue weighted by Crippen LogP contribution is -1.94. The average molecular weight is 363 g/mol.